The first-order valence-electron chi connectivity index (χ1n) is 8.46. The monoisotopic (exact) mass is 354 g/mol. The minimum absolute atomic E-state index is 0.0444. The van der Waals surface area contributed by atoms with Crippen molar-refractivity contribution in [3.63, 3.8) is 0 Å². The Labute approximate surface area is 152 Å². The second-order valence-corrected chi connectivity index (χ2v) is 6.56. The number of hydrogen-bond donors (Lipinski definition) is 2. The van der Waals surface area contributed by atoms with E-state index in [0.717, 1.165) is 23.1 Å². The molecule has 0 fully saturated rings. The molecular formula is C21H22O5. The van der Waals surface area contributed by atoms with Crippen molar-refractivity contribution in [3.8, 4) is 23.0 Å². The maximum Gasteiger partial charge on any atom is 0.170 e. The summed E-state index contributed by atoms with van der Waals surface area (Å²) >= 11 is 0. The van der Waals surface area contributed by atoms with Crippen molar-refractivity contribution < 1.29 is 24.5 Å². The molecular weight excluding hydrogens is 332 g/mol. The molecule has 136 valence electrons. The van der Waals surface area contributed by atoms with Gasteiger partial charge in [0.1, 0.15) is 17.6 Å². The number of fused-ring (bicyclic) bond motifs is 1. The van der Waals surface area contributed by atoms with Gasteiger partial charge in [-0.05, 0) is 43.5 Å². The van der Waals surface area contributed by atoms with Crippen molar-refractivity contribution in [3.05, 3.63) is 59.2 Å². The largest absolute Gasteiger partial charge is 0.508 e. The zero-order chi connectivity index (χ0) is 18.8. The van der Waals surface area contributed by atoms with Crippen LogP contribution in [-0.2, 0) is 6.42 Å². The highest BCUT2D eigenvalue weighted by Gasteiger charge is 2.30. The molecule has 26 heavy (non-hydrogen) atoms. The summed E-state index contributed by atoms with van der Waals surface area (Å²) in [5.74, 6) is 0.802. The van der Waals surface area contributed by atoms with Gasteiger partial charge in [0.05, 0.1) is 19.1 Å². The predicted molar refractivity (Wildman–Crippen MR) is 98.2 cm³/mol. The van der Waals surface area contributed by atoms with Gasteiger partial charge >= 0.3 is 0 Å². The number of carbonyl (C=O) groups is 1. The lowest BCUT2D eigenvalue weighted by Gasteiger charge is -2.28. The number of benzene rings is 2. The van der Waals surface area contributed by atoms with E-state index in [0.29, 0.717) is 23.5 Å². The number of phenolic OH excluding ortho intramolecular Hbond substituents is 2. The van der Waals surface area contributed by atoms with Gasteiger partial charge in [0.25, 0.3) is 0 Å². The van der Waals surface area contributed by atoms with Gasteiger partial charge in [-0.1, -0.05) is 11.6 Å². The van der Waals surface area contributed by atoms with Crippen molar-refractivity contribution >= 4 is 5.78 Å². The first-order valence-corrected chi connectivity index (χ1v) is 8.46. The molecule has 1 unspecified atom stereocenters. The molecule has 0 aliphatic carbocycles. The van der Waals surface area contributed by atoms with Crippen molar-refractivity contribution in [2.24, 2.45) is 0 Å². The first kappa shape index (κ1) is 17.9. The number of allylic oxidation sites excluding steroid dienone is 1. The highest BCUT2D eigenvalue weighted by atomic mass is 16.5. The number of aromatic hydroxyl groups is 2. The molecule has 0 bridgehead atoms. The van der Waals surface area contributed by atoms with Crippen LogP contribution in [0.25, 0.3) is 0 Å². The molecule has 1 heterocycles. The van der Waals surface area contributed by atoms with Crippen LogP contribution in [0, 0.1) is 0 Å². The van der Waals surface area contributed by atoms with Crippen LogP contribution in [0.4, 0.5) is 0 Å². The minimum atomic E-state index is -0.508. The van der Waals surface area contributed by atoms with Crippen LogP contribution in [0.15, 0.2) is 42.5 Å². The fraction of sp³-hybridized carbons (Fsp3) is 0.286. The standard InChI is InChI=1S/C21H22O5/c1-12(2)4-6-15-14(8-9-17(23)21(15)25-3)20-11-18(24)16-7-5-13(22)10-19(16)26-20/h5,7-10,20,22-23H,1,4,6,11H2,2-3H3. The van der Waals surface area contributed by atoms with Crippen molar-refractivity contribution in [2.45, 2.75) is 32.3 Å². The maximum atomic E-state index is 12.5. The molecule has 2 aromatic rings. The quantitative estimate of drug-likeness (QED) is 0.782. The SMILES string of the molecule is C=C(C)CCc1c(C2CC(=O)c3ccc(O)cc3O2)ccc(O)c1OC. The Balaban J connectivity index is 2.03. The Morgan fingerprint density at radius 1 is 1.31 bits per heavy atom. The topological polar surface area (TPSA) is 76.0 Å². The molecule has 5 heteroatoms. The van der Waals surface area contributed by atoms with Crippen LogP contribution in [0.5, 0.6) is 23.0 Å². The summed E-state index contributed by atoms with van der Waals surface area (Å²) < 4.78 is 11.4. The third-order valence-electron chi connectivity index (χ3n) is 4.53. The number of ketones is 1. The molecule has 0 radical (unpaired) electrons. The number of phenols is 2. The third-order valence-corrected chi connectivity index (χ3v) is 4.53. The molecule has 0 amide bonds. The van der Waals surface area contributed by atoms with Crippen molar-refractivity contribution in [2.75, 3.05) is 7.11 Å². The number of hydrogen-bond acceptors (Lipinski definition) is 5. The Morgan fingerprint density at radius 3 is 2.77 bits per heavy atom. The lowest BCUT2D eigenvalue weighted by Crippen LogP contribution is -2.21. The number of Topliss-reactive ketones (excluding diaryl/α,β-unsaturated/α-hetero) is 1. The van der Waals surface area contributed by atoms with E-state index in [1.807, 2.05) is 6.92 Å². The van der Waals surface area contributed by atoms with E-state index in [4.69, 9.17) is 9.47 Å². The van der Waals surface area contributed by atoms with E-state index in [1.54, 1.807) is 18.2 Å². The van der Waals surface area contributed by atoms with Crippen LogP contribution in [-0.4, -0.2) is 23.1 Å². The molecule has 1 aliphatic heterocycles. The summed E-state index contributed by atoms with van der Waals surface area (Å²) in [6, 6.07) is 7.80. The van der Waals surface area contributed by atoms with E-state index in [2.05, 4.69) is 6.58 Å². The predicted octanol–water partition coefficient (Wildman–Crippen LogP) is 4.32. The third kappa shape index (κ3) is 3.38. The van der Waals surface area contributed by atoms with Crippen LogP contribution in [0.1, 0.15) is 47.4 Å². The van der Waals surface area contributed by atoms with Crippen LogP contribution >= 0.6 is 0 Å². The molecule has 0 saturated carbocycles. The van der Waals surface area contributed by atoms with E-state index in [9.17, 15) is 15.0 Å². The Hall–Kier alpha value is -2.95. The van der Waals surface area contributed by atoms with Gasteiger partial charge in [0.15, 0.2) is 17.3 Å². The van der Waals surface area contributed by atoms with Gasteiger partial charge in [-0.25, -0.2) is 0 Å². The molecule has 1 atom stereocenters. The van der Waals surface area contributed by atoms with Crippen molar-refractivity contribution in [1.29, 1.82) is 0 Å². The van der Waals surface area contributed by atoms with E-state index in [1.165, 1.54) is 19.2 Å². The Kier molecular flexibility index (Phi) is 4.89. The molecule has 5 nitrogen and oxygen atoms in total. The van der Waals surface area contributed by atoms with Gasteiger partial charge in [0.2, 0.25) is 0 Å². The number of ether oxygens (including phenoxy) is 2. The van der Waals surface area contributed by atoms with Crippen LogP contribution in [0.3, 0.4) is 0 Å². The zero-order valence-electron chi connectivity index (χ0n) is 14.9. The average molecular weight is 354 g/mol. The molecule has 2 aromatic carbocycles. The van der Waals surface area contributed by atoms with E-state index in [-0.39, 0.29) is 23.7 Å². The zero-order valence-corrected chi connectivity index (χ0v) is 14.9. The molecule has 2 N–H and O–H groups in total. The van der Waals surface area contributed by atoms with Crippen LogP contribution in [0.2, 0.25) is 0 Å². The Morgan fingerprint density at radius 2 is 2.08 bits per heavy atom. The summed E-state index contributed by atoms with van der Waals surface area (Å²) in [6.07, 6.45) is 1.02. The highest BCUT2D eigenvalue weighted by Crippen LogP contribution is 2.42. The highest BCUT2D eigenvalue weighted by molar-refractivity contribution is 6.00. The number of carbonyl (C=O) groups excluding carboxylic acids is 1. The van der Waals surface area contributed by atoms with E-state index < -0.39 is 6.10 Å². The van der Waals surface area contributed by atoms with Gasteiger partial charge in [-0.15, -0.1) is 6.58 Å². The first-order chi connectivity index (χ1) is 12.4. The fourth-order valence-corrected chi connectivity index (χ4v) is 3.24. The molecule has 0 saturated heterocycles. The summed E-state index contributed by atoms with van der Waals surface area (Å²) in [4.78, 5) is 12.5. The number of rotatable bonds is 5. The molecule has 0 spiro atoms. The summed E-state index contributed by atoms with van der Waals surface area (Å²) in [5.41, 5.74) is 3.07. The van der Waals surface area contributed by atoms with Crippen LogP contribution < -0.4 is 9.47 Å². The second-order valence-electron chi connectivity index (χ2n) is 6.56. The normalized spacial score (nSPS) is 15.9. The molecule has 3 rings (SSSR count). The smallest absolute Gasteiger partial charge is 0.170 e. The minimum Gasteiger partial charge on any atom is -0.508 e. The fourth-order valence-electron chi connectivity index (χ4n) is 3.24. The summed E-state index contributed by atoms with van der Waals surface area (Å²) in [5, 5.41) is 19.8. The van der Waals surface area contributed by atoms with Gasteiger partial charge in [0, 0.05) is 11.6 Å². The molecule has 0 aromatic heterocycles. The lowest BCUT2D eigenvalue weighted by atomic mass is 9.90. The molecule has 1 aliphatic rings. The van der Waals surface area contributed by atoms with Gasteiger partial charge in [-0.2, -0.15) is 0 Å². The summed E-state index contributed by atoms with van der Waals surface area (Å²) in [6.45, 7) is 5.86. The maximum absolute atomic E-state index is 12.5. The van der Waals surface area contributed by atoms with E-state index >= 15 is 0 Å². The summed E-state index contributed by atoms with van der Waals surface area (Å²) in [7, 11) is 1.50. The van der Waals surface area contributed by atoms with Gasteiger partial charge < -0.3 is 19.7 Å². The lowest BCUT2D eigenvalue weighted by molar-refractivity contribution is 0.0848. The van der Waals surface area contributed by atoms with Gasteiger partial charge in [-0.3, -0.25) is 4.79 Å². The number of methoxy groups -OCH3 is 1. The van der Waals surface area contributed by atoms with Crippen molar-refractivity contribution in [1.82, 2.24) is 0 Å². The Bertz CT molecular complexity index is 869. The second kappa shape index (κ2) is 7.12. The average Bonchev–Trinajstić information content (AvgIpc) is 2.59.